The van der Waals surface area contributed by atoms with E-state index in [0.29, 0.717) is 5.92 Å². The largest absolute Gasteiger partial charge is 0.497 e. The lowest BCUT2D eigenvalue weighted by molar-refractivity contribution is -0.0461. The van der Waals surface area contributed by atoms with E-state index in [9.17, 15) is 0 Å². The van der Waals surface area contributed by atoms with Gasteiger partial charge in [-0.1, -0.05) is 29.8 Å². The second-order valence-electron chi connectivity index (χ2n) is 6.81. The summed E-state index contributed by atoms with van der Waals surface area (Å²) in [5, 5.41) is 7.07. The molecule has 2 unspecified atom stereocenters. The van der Waals surface area contributed by atoms with Crippen molar-refractivity contribution in [1.29, 1.82) is 0 Å². The Morgan fingerprint density at radius 1 is 1.20 bits per heavy atom. The molecule has 0 radical (unpaired) electrons. The van der Waals surface area contributed by atoms with Crippen molar-refractivity contribution in [3.63, 3.8) is 0 Å². The van der Waals surface area contributed by atoms with Gasteiger partial charge in [0.2, 0.25) is 0 Å². The van der Waals surface area contributed by atoms with Crippen LogP contribution in [0.5, 0.6) is 11.5 Å². The molecule has 0 amide bonds. The second-order valence-corrected chi connectivity index (χ2v) is 7.73. The molecule has 2 aromatic carbocycles. The van der Waals surface area contributed by atoms with Crippen LogP contribution in [0.15, 0.2) is 52.0 Å². The molecule has 0 aliphatic carbocycles. The minimum absolute atomic E-state index is 0.0468. The van der Waals surface area contributed by atoms with Gasteiger partial charge in [0.25, 0.3) is 0 Å². The molecule has 0 aromatic heterocycles. The highest BCUT2D eigenvalue weighted by Crippen LogP contribution is 2.45. The Bertz CT molecular complexity index is 817. The van der Waals surface area contributed by atoms with Gasteiger partial charge in [0, 0.05) is 22.4 Å². The SMILES string of the molecule is COc1ccc(C2=NN3C(C2)c2cc(Br)ccc2OC3C(C)C)cc1. The van der Waals surface area contributed by atoms with Gasteiger partial charge in [0.1, 0.15) is 11.5 Å². The summed E-state index contributed by atoms with van der Waals surface area (Å²) in [6.07, 6.45) is 0.831. The fourth-order valence-electron chi connectivity index (χ4n) is 3.48. The molecule has 0 fully saturated rings. The Morgan fingerprint density at radius 3 is 2.64 bits per heavy atom. The average molecular weight is 401 g/mol. The fourth-order valence-corrected chi connectivity index (χ4v) is 3.86. The van der Waals surface area contributed by atoms with Crippen molar-refractivity contribution in [1.82, 2.24) is 5.01 Å². The normalized spacial score (nSPS) is 21.5. The van der Waals surface area contributed by atoms with Gasteiger partial charge < -0.3 is 9.47 Å². The highest BCUT2D eigenvalue weighted by atomic mass is 79.9. The number of hydrogen-bond donors (Lipinski definition) is 0. The Kier molecular flexibility index (Phi) is 4.20. The highest BCUT2D eigenvalue weighted by Gasteiger charge is 2.41. The standard InChI is InChI=1S/C20H21BrN2O2/c1-12(2)20-23-18(16-10-14(21)6-9-19(16)25-20)11-17(22-23)13-4-7-15(24-3)8-5-13/h4-10,12,18,20H,11H2,1-3H3. The van der Waals surface area contributed by atoms with Gasteiger partial charge in [-0.25, -0.2) is 5.01 Å². The first-order valence-corrected chi connectivity index (χ1v) is 9.32. The number of nitrogens with zero attached hydrogens (tertiary/aromatic N) is 2. The molecule has 4 nitrogen and oxygen atoms in total. The lowest BCUT2D eigenvalue weighted by Gasteiger charge is -2.40. The molecule has 0 saturated carbocycles. The van der Waals surface area contributed by atoms with Crippen molar-refractivity contribution in [2.24, 2.45) is 11.0 Å². The van der Waals surface area contributed by atoms with Gasteiger partial charge >= 0.3 is 0 Å². The predicted octanol–water partition coefficient (Wildman–Crippen LogP) is 4.98. The molecule has 2 aromatic rings. The highest BCUT2D eigenvalue weighted by molar-refractivity contribution is 9.10. The number of hydrazone groups is 1. The fraction of sp³-hybridized carbons (Fsp3) is 0.350. The van der Waals surface area contributed by atoms with Gasteiger partial charge in [0.15, 0.2) is 6.23 Å². The number of benzene rings is 2. The molecule has 5 heteroatoms. The number of methoxy groups -OCH3 is 1. The molecular weight excluding hydrogens is 380 g/mol. The van der Waals surface area contributed by atoms with Crippen LogP contribution in [0.2, 0.25) is 0 Å². The Balaban J connectivity index is 1.72. The predicted molar refractivity (Wildman–Crippen MR) is 102 cm³/mol. The molecule has 2 atom stereocenters. The second kappa shape index (κ2) is 6.37. The van der Waals surface area contributed by atoms with Crippen LogP contribution in [0.3, 0.4) is 0 Å². The van der Waals surface area contributed by atoms with E-state index in [1.165, 1.54) is 5.56 Å². The maximum absolute atomic E-state index is 6.26. The third kappa shape index (κ3) is 2.91. The topological polar surface area (TPSA) is 34.1 Å². The molecule has 2 aliphatic heterocycles. The van der Waals surface area contributed by atoms with Crippen molar-refractivity contribution < 1.29 is 9.47 Å². The summed E-state index contributed by atoms with van der Waals surface area (Å²) in [5.41, 5.74) is 3.42. The van der Waals surface area contributed by atoms with E-state index in [1.54, 1.807) is 7.11 Å². The number of halogens is 1. The van der Waals surface area contributed by atoms with E-state index in [2.05, 4.69) is 59.1 Å². The number of ether oxygens (including phenoxy) is 2. The molecule has 0 saturated heterocycles. The molecule has 2 heterocycles. The third-order valence-electron chi connectivity index (χ3n) is 4.78. The van der Waals surface area contributed by atoms with Crippen LogP contribution in [0.1, 0.15) is 37.4 Å². The molecule has 0 N–H and O–H groups in total. The zero-order valence-electron chi connectivity index (χ0n) is 14.6. The van der Waals surface area contributed by atoms with Crippen LogP contribution >= 0.6 is 15.9 Å². The maximum Gasteiger partial charge on any atom is 0.190 e. The Hall–Kier alpha value is -2.01. The smallest absolute Gasteiger partial charge is 0.190 e. The van der Waals surface area contributed by atoms with E-state index < -0.39 is 0 Å². The maximum atomic E-state index is 6.26. The van der Waals surface area contributed by atoms with Crippen LogP contribution in [0.25, 0.3) is 0 Å². The van der Waals surface area contributed by atoms with Crippen LogP contribution < -0.4 is 9.47 Å². The van der Waals surface area contributed by atoms with E-state index in [4.69, 9.17) is 14.6 Å². The molecule has 4 rings (SSSR count). The van der Waals surface area contributed by atoms with Crippen molar-refractivity contribution in [2.75, 3.05) is 7.11 Å². The quantitative estimate of drug-likeness (QED) is 0.727. The lowest BCUT2D eigenvalue weighted by Crippen LogP contribution is -2.43. The summed E-state index contributed by atoms with van der Waals surface area (Å²) in [5.74, 6) is 2.17. The summed E-state index contributed by atoms with van der Waals surface area (Å²) >= 11 is 3.58. The van der Waals surface area contributed by atoms with Crippen molar-refractivity contribution >= 4 is 21.6 Å². The monoisotopic (exact) mass is 400 g/mol. The number of hydrogen-bond acceptors (Lipinski definition) is 4. The zero-order chi connectivity index (χ0) is 17.6. The zero-order valence-corrected chi connectivity index (χ0v) is 16.2. The van der Waals surface area contributed by atoms with Crippen LogP contribution in [-0.2, 0) is 0 Å². The van der Waals surface area contributed by atoms with E-state index in [1.807, 2.05) is 18.2 Å². The first-order valence-electron chi connectivity index (χ1n) is 8.53. The number of fused-ring (bicyclic) bond motifs is 3. The first-order chi connectivity index (χ1) is 12.1. The van der Waals surface area contributed by atoms with Gasteiger partial charge in [-0.05, 0) is 48.0 Å². The van der Waals surface area contributed by atoms with Crippen LogP contribution in [-0.4, -0.2) is 24.1 Å². The van der Waals surface area contributed by atoms with Gasteiger partial charge in [-0.15, -0.1) is 0 Å². The van der Waals surface area contributed by atoms with Gasteiger partial charge in [-0.3, -0.25) is 0 Å². The summed E-state index contributed by atoms with van der Waals surface area (Å²) < 4.78 is 12.6. The van der Waals surface area contributed by atoms with Crippen molar-refractivity contribution in [3.05, 3.63) is 58.1 Å². The molecule has 130 valence electrons. The summed E-state index contributed by atoms with van der Waals surface area (Å²) in [6, 6.07) is 14.6. The minimum Gasteiger partial charge on any atom is -0.497 e. The lowest BCUT2D eigenvalue weighted by atomic mass is 9.95. The summed E-state index contributed by atoms with van der Waals surface area (Å²) in [6.45, 7) is 4.35. The number of rotatable bonds is 3. The molecule has 2 aliphatic rings. The van der Waals surface area contributed by atoms with Gasteiger partial charge in [-0.2, -0.15) is 5.10 Å². The molecular formula is C20H21BrN2O2. The molecule has 0 bridgehead atoms. The van der Waals surface area contributed by atoms with Crippen molar-refractivity contribution in [2.45, 2.75) is 32.5 Å². The Labute approximate surface area is 156 Å². The molecule has 25 heavy (non-hydrogen) atoms. The van der Waals surface area contributed by atoms with Gasteiger partial charge in [0.05, 0.1) is 18.9 Å². The van der Waals surface area contributed by atoms with E-state index in [-0.39, 0.29) is 12.3 Å². The Morgan fingerprint density at radius 2 is 1.96 bits per heavy atom. The van der Waals surface area contributed by atoms with Crippen LogP contribution in [0.4, 0.5) is 0 Å². The summed E-state index contributed by atoms with van der Waals surface area (Å²) in [7, 11) is 1.68. The first kappa shape index (κ1) is 16.5. The summed E-state index contributed by atoms with van der Waals surface area (Å²) in [4.78, 5) is 0. The van der Waals surface area contributed by atoms with Crippen molar-refractivity contribution in [3.8, 4) is 11.5 Å². The van der Waals surface area contributed by atoms with E-state index in [0.717, 1.165) is 33.7 Å². The minimum atomic E-state index is -0.0468. The third-order valence-corrected chi connectivity index (χ3v) is 5.27. The van der Waals surface area contributed by atoms with E-state index >= 15 is 0 Å². The average Bonchev–Trinajstić information content (AvgIpc) is 3.06. The molecule has 0 spiro atoms. The van der Waals surface area contributed by atoms with Crippen LogP contribution in [0, 0.1) is 5.92 Å².